The van der Waals surface area contributed by atoms with Crippen molar-refractivity contribution in [3.63, 3.8) is 0 Å². The largest absolute Gasteiger partial charge is 0.387 e. The number of hydrogen-bond acceptors (Lipinski definition) is 3. The number of aliphatic hydroxyl groups is 1. The maximum Gasteiger partial charge on any atom is 0.319 e. The van der Waals surface area contributed by atoms with E-state index in [1.54, 1.807) is 6.07 Å². The van der Waals surface area contributed by atoms with Crippen LogP contribution >= 0.6 is 0 Å². The number of alkyl halides is 4. The van der Waals surface area contributed by atoms with Crippen LogP contribution in [0.5, 0.6) is 0 Å². The molecule has 3 nitrogen and oxygen atoms in total. The van der Waals surface area contributed by atoms with E-state index in [0.717, 1.165) is 0 Å². The summed E-state index contributed by atoms with van der Waals surface area (Å²) in [4.78, 5) is 3.13. The lowest BCUT2D eigenvalue weighted by atomic mass is 10.1. The Kier molecular flexibility index (Phi) is 5.94. The van der Waals surface area contributed by atoms with Crippen molar-refractivity contribution in [3.05, 3.63) is 35.6 Å². The van der Waals surface area contributed by atoms with Gasteiger partial charge in [0.1, 0.15) is 5.82 Å². The standard InChI is InChI=1S/C15H19F5N2O/c16-12-3-1-2-11(8-12)13(23)9-21-4-6-22(7-5-21)10-15(19,20)14(17)18/h1-3,8,13-14,23H,4-7,9-10H2/t13-/m0/s1. The zero-order chi connectivity index (χ0) is 17.0. The van der Waals surface area contributed by atoms with Crippen molar-refractivity contribution in [1.82, 2.24) is 9.80 Å². The molecule has 8 heteroatoms. The molecule has 23 heavy (non-hydrogen) atoms. The fourth-order valence-electron chi connectivity index (χ4n) is 2.56. The monoisotopic (exact) mass is 338 g/mol. The Bertz CT molecular complexity index is 506. The van der Waals surface area contributed by atoms with Gasteiger partial charge in [-0.1, -0.05) is 12.1 Å². The summed E-state index contributed by atoms with van der Waals surface area (Å²) >= 11 is 0. The summed E-state index contributed by atoms with van der Waals surface area (Å²) in [7, 11) is 0. The molecule has 0 amide bonds. The third kappa shape index (κ3) is 5.12. The van der Waals surface area contributed by atoms with E-state index in [1.807, 2.05) is 4.90 Å². The normalized spacial score (nSPS) is 19.3. The quantitative estimate of drug-likeness (QED) is 0.807. The molecule has 1 saturated heterocycles. The summed E-state index contributed by atoms with van der Waals surface area (Å²) < 4.78 is 63.5. The molecule has 0 aliphatic carbocycles. The first-order chi connectivity index (χ1) is 10.8. The molecule has 1 aromatic carbocycles. The van der Waals surface area contributed by atoms with Crippen molar-refractivity contribution in [2.45, 2.75) is 18.5 Å². The van der Waals surface area contributed by atoms with Crippen LogP contribution in [-0.4, -0.2) is 66.5 Å². The number of piperazine rings is 1. The molecule has 1 heterocycles. The molecule has 130 valence electrons. The van der Waals surface area contributed by atoms with E-state index < -0.39 is 30.8 Å². The van der Waals surface area contributed by atoms with Gasteiger partial charge in [-0.2, -0.15) is 8.78 Å². The Morgan fingerprint density at radius 1 is 1.09 bits per heavy atom. The van der Waals surface area contributed by atoms with Crippen molar-refractivity contribution < 1.29 is 27.1 Å². The highest BCUT2D eigenvalue weighted by Crippen LogP contribution is 2.24. The van der Waals surface area contributed by atoms with Crippen LogP contribution in [0.2, 0.25) is 0 Å². The summed E-state index contributed by atoms with van der Waals surface area (Å²) in [6.07, 6.45) is -4.56. The molecule has 1 N–H and O–H groups in total. The van der Waals surface area contributed by atoms with Gasteiger partial charge < -0.3 is 5.11 Å². The Morgan fingerprint density at radius 2 is 1.70 bits per heavy atom. The molecular formula is C15H19F5N2O. The van der Waals surface area contributed by atoms with Gasteiger partial charge in [0.05, 0.1) is 12.6 Å². The number of β-amino-alcohol motifs (C(OH)–C–C–N with tert-alkyl or cyclic N) is 1. The number of aliphatic hydroxyl groups excluding tert-OH is 1. The molecule has 0 unspecified atom stereocenters. The molecule has 0 radical (unpaired) electrons. The molecule has 1 aliphatic heterocycles. The lowest BCUT2D eigenvalue weighted by molar-refractivity contribution is -0.145. The van der Waals surface area contributed by atoms with E-state index >= 15 is 0 Å². The fourth-order valence-corrected chi connectivity index (χ4v) is 2.56. The van der Waals surface area contributed by atoms with Crippen molar-refractivity contribution in [1.29, 1.82) is 0 Å². The predicted octanol–water partition coefficient (Wildman–Crippen LogP) is 2.38. The third-order valence-corrected chi connectivity index (χ3v) is 3.88. The van der Waals surface area contributed by atoms with Gasteiger partial charge in [-0.05, 0) is 17.7 Å². The average molecular weight is 338 g/mol. The summed E-state index contributed by atoms with van der Waals surface area (Å²) in [6, 6.07) is 5.62. The van der Waals surface area contributed by atoms with Crippen molar-refractivity contribution in [3.8, 4) is 0 Å². The maximum atomic E-state index is 13.1. The minimum absolute atomic E-state index is 0.220. The number of nitrogens with zero attached hydrogens (tertiary/aromatic N) is 2. The van der Waals surface area contributed by atoms with Gasteiger partial charge in [0.2, 0.25) is 0 Å². The lowest BCUT2D eigenvalue weighted by Crippen LogP contribution is -2.51. The van der Waals surface area contributed by atoms with Crippen LogP contribution in [0.25, 0.3) is 0 Å². The second-order valence-electron chi connectivity index (χ2n) is 5.71. The Balaban J connectivity index is 1.81. The summed E-state index contributed by atoms with van der Waals surface area (Å²) in [5.41, 5.74) is 0.441. The van der Waals surface area contributed by atoms with Gasteiger partial charge >= 0.3 is 12.3 Å². The van der Waals surface area contributed by atoms with E-state index in [2.05, 4.69) is 0 Å². The molecule has 0 bridgehead atoms. The van der Waals surface area contributed by atoms with Gasteiger partial charge in [0.15, 0.2) is 0 Å². The van der Waals surface area contributed by atoms with Crippen molar-refractivity contribution in [2.75, 3.05) is 39.3 Å². The minimum atomic E-state index is -4.01. The molecule has 1 atom stereocenters. The molecule has 1 aliphatic rings. The van der Waals surface area contributed by atoms with Crippen LogP contribution in [0.15, 0.2) is 24.3 Å². The fraction of sp³-hybridized carbons (Fsp3) is 0.600. The molecule has 0 saturated carbocycles. The van der Waals surface area contributed by atoms with E-state index in [4.69, 9.17) is 0 Å². The predicted molar refractivity (Wildman–Crippen MR) is 75.2 cm³/mol. The van der Waals surface area contributed by atoms with E-state index in [1.165, 1.54) is 23.1 Å². The molecule has 2 rings (SSSR count). The summed E-state index contributed by atoms with van der Waals surface area (Å²) in [5.74, 6) is -4.45. The Labute approximate surface area is 131 Å². The zero-order valence-corrected chi connectivity index (χ0v) is 12.4. The Hall–Kier alpha value is -1.25. The second kappa shape index (κ2) is 7.55. The van der Waals surface area contributed by atoms with E-state index in [0.29, 0.717) is 18.7 Å². The number of rotatable bonds is 6. The molecule has 1 aromatic rings. The summed E-state index contributed by atoms with van der Waals surface area (Å²) in [5, 5.41) is 10.1. The minimum Gasteiger partial charge on any atom is -0.387 e. The summed E-state index contributed by atoms with van der Waals surface area (Å²) in [6.45, 7) is 0.473. The smallest absolute Gasteiger partial charge is 0.319 e. The first-order valence-electron chi connectivity index (χ1n) is 7.32. The number of halogens is 5. The first kappa shape index (κ1) is 18.1. The SMILES string of the molecule is O[C@@H](CN1CCN(CC(F)(F)C(F)F)CC1)c1cccc(F)c1. The zero-order valence-electron chi connectivity index (χ0n) is 12.4. The van der Waals surface area contributed by atoms with E-state index in [9.17, 15) is 27.1 Å². The molecule has 0 spiro atoms. The van der Waals surface area contributed by atoms with Crippen LogP contribution in [0, 0.1) is 5.82 Å². The van der Waals surface area contributed by atoms with E-state index in [-0.39, 0.29) is 19.6 Å². The van der Waals surface area contributed by atoms with Crippen molar-refractivity contribution in [2.24, 2.45) is 0 Å². The third-order valence-electron chi connectivity index (χ3n) is 3.88. The van der Waals surface area contributed by atoms with Gasteiger partial charge in [-0.3, -0.25) is 9.80 Å². The highest BCUT2D eigenvalue weighted by Gasteiger charge is 2.42. The van der Waals surface area contributed by atoms with Crippen LogP contribution in [-0.2, 0) is 0 Å². The average Bonchev–Trinajstić information content (AvgIpc) is 2.49. The first-order valence-corrected chi connectivity index (χ1v) is 7.32. The van der Waals surface area contributed by atoms with Gasteiger partial charge in [0, 0.05) is 32.7 Å². The van der Waals surface area contributed by atoms with Gasteiger partial charge in [0.25, 0.3) is 0 Å². The Morgan fingerprint density at radius 3 is 2.26 bits per heavy atom. The number of hydrogen-bond donors (Lipinski definition) is 1. The lowest BCUT2D eigenvalue weighted by Gasteiger charge is -2.36. The molecular weight excluding hydrogens is 319 g/mol. The number of benzene rings is 1. The molecule has 0 aromatic heterocycles. The van der Waals surface area contributed by atoms with Gasteiger partial charge in [-0.25, -0.2) is 13.2 Å². The topological polar surface area (TPSA) is 26.7 Å². The highest BCUT2D eigenvalue weighted by molar-refractivity contribution is 5.19. The van der Waals surface area contributed by atoms with Crippen LogP contribution in [0.3, 0.4) is 0 Å². The highest BCUT2D eigenvalue weighted by atomic mass is 19.3. The maximum absolute atomic E-state index is 13.1. The van der Waals surface area contributed by atoms with Crippen molar-refractivity contribution >= 4 is 0 Å². The van der Waals surface area contributed by atoms with Crippen LogP contribution in [0.4, 0.5) is 22.0 Å². The second-order valence-corrected chi connectivity index (χ2v) is 5.71. The van der Waals surface area contributed by atoms with Crippen LogP contribution < -0.4 is 0 Å². The van der Waals surface area contributed by atoms with Gasteiger partial charge in [-0.15, -0.1) is 0 Å². The molecule has 1 fully saturated rings. The van der Waals surface area contributed by atoms with Crippen LogP contribution in [0.1, 0.15) is 11.7 Å².